The number of aliphatic hydroxyl groups is 1. The number of esters is 1. The van der Waals surface area contributed by atoms with Crippen molar-refractivity contribution in [3.63, 3.8) is 0 Å². The first-order valence-electron chi connectivity index (χ1n) is 11.4. The van der Waals surface area contributed by atoms with Crippen molar-refractivity contribution in [2.24, 2.45) is 0 Å². The van der Waals surface area contributed by atoms with E-state index in [0.717, 1.165) is 11.1 Å². The molecule has 0 radical (unpaired) electrons. The molecule has 0 bridgehead atoms. The van der Waals surface area contributed by atoms with Crippen molar-refractivity contribution >= 4 is 29.1 Å². The fourth-order valence-electron chi connectivity index (χ4n) is 4.26. The van der Waals surface area contributed by atoms with E-state index < -0.39 is 17.7 Å². The minimum absolute atomic E-state index is 0.00653. The van der Waals surface area contributed by atoms with E-state index in [1.54, 1.807) is 67.8 Å². The molecule has 1 heterocycles. The van der Waals surface area contributed by atoms with Crippen LogP contribution in [0.15, 0.2) is 72.3 Å². The zero-order valence-corrected chi connectivity index (χ0v) is 20.6. The smallest absolute Gasteiger partial charge is 0.309 e. The van der Waals surface area contributed by atoms with Crippen molar-refractivity contribution in [3.05, 3.63) is 100 Å². The fourth-order valence-corrected chi connectivity index (χ4v) is 4.26. The number of aryl methyl sites for hydroxylation is 2. The Labute approximate surface area is 209 Å². The van der Waals surface area contributed by atoms with Crippen LogP contribution >= 0.6 is 0 Å². The van der Waals surface area contributed by atoms with Crippen molar-refractivity contribution in [3.8, 4) is 5.75 Å². The molecule has 1 aliphatic rings. The average Bonchev–Trinajstić information content (AvgIpc) is 3.15. The van der Waals surface area contributed by atoms with E-state index in [9.17, 15) is 19.5 Å². The number of carbonyl (C=O) groups is 3. The first-order valence-corrected chi connectivity index (χ1v) is 11.4. The van der Waals surface area contributed by atoms with E-state index in [0.29, 0.717) is 28.1 Å². The summed E-state index contributed by atoms with van der Waals surface area (Å²) in [5.41, 5.74) is 4.28. The van der Waals surface area contributed by atoms with E-state index in [1.807, 2.05) is 19.9 Å². The third-order valence-corrected chi connectivity index (χ3v) is 6.45. The second-order valence-corrected chi connectivity index (χ2v) is 8.66. The van der Waals surface area contributed by atoms with Gasteiger partial charge in [-0.3, -0.25) is 19.3 Å². The summed E-state index contributed by atoms with van der Waals surface area (Å²) in [5, 5.41) is 11.3. The van der Waals surface area contributed by atoms with Gasteiger partial charge in [-0.1, -0.05) is 36.4 Å². The van der Waals surface area contributed by atoms with Gasteiger partial charge in [-0.15, -0.1) is 0 Å². The summed E-state index contributed by atoms with van der Waals surface area (Å²) in [7, 11) is 2.87. The largest absolute Gasteiger partial charge is 0.507 e. The Morgan fingerprint density at radius 1 is 0.917 bits per heavy atom. The molecule has 0 aromatic heterocycles. The van der Waals surface area contributed by atoms with Gasteiger partial charge >= 0.3 is 5.97 Å². The lowest BCUT2D eigenvalue weighted by atomic mass is 9.94. The second-order valence-electron chi connectivity index (χ2n) is 8.66. The number of nitrogens with zero attached hydrogens (tertiary/aromatic N) is 1. The number of Topliss-reactive ketones (excluding diaryl/α,β-unsaturated/α-hetero) is 1. The molecule has 7 nitrogen and oxygen atoms in total. The van der Waals surface area contributed by atoms with Crippen molar-refractivity contribution in [2.75, 3.05) is 19.1 Å². The Morgan fingerprint density at radius 2 is 1.58 bits per heavy atom. The van der Waals surface area contributed by atoms with Gasteiger partial charge in [-0.05, 0) is 66.4 Å². The van der Waals surface area contributed by atoms with Crippen LogP contribution in [-0.4, -0.2) is 37.0 Å². The predicted octanol–water partition coefficient (Wildman–Crippen LogP) is 4.65. The van der Waals surface area contributed by atoms with Gasteiger partial charge in [0.05, 0.1) is 32.3 Å². The van der Waals surface area contributed by atoms with Crippen molar-refractivity contribution in [1.82, 2.24) is 0 Å². The van der Waals surface area contributed by atoms with Crippen LogP contribution in [0.3, 0.4) is 0 Å². The lowest BCUT2D eigenvalue weighted by Gasteiger charge is -2.26. The molecule has 1 aliphatic heterocycles. The molecule has 1 unspecified atom stereocenters. The molecule has 1 amide bonds. The number of hydrogen-bond acceptors (Lipinski definition) is 6. The normalized spacial score (nSPS) is 16.8. The van der Waals surface area contributed by atoms with Crippen LogP contribution in [0.1, 0.15) is 33.9 Å². The summed E-state index contributed by atoms with van der Waals surface area (Å²) in [6.45, 7) is 3.88. The van der Waals surface area contributed by atoms with Crippen molar-refractivity contribution in [2.45, 2.75) is 26.3 Å². The number of benzene rings is 3. The fraction of sp³-hybridized carbons (Fsp3) is 0.207. The molecule has 0 spiro atoms. The molecule has 0 aliphatic carbocycles. The minimum Gasteiger partial charge on any atom is -0.507 e. The standard InChI is InChI=1S/C29H27NO6/c1-17-5-8-21(15-18(17)2)27(32)25-26(20-9-13-23(35-3)14-10-20)30(29(34)28(25)33)22-11-6-19(7-12-22)16-24(31)36-4/h5-15,26,32H,16H2,1-4H3/b27-25-. The second kappa shape index (κ2) is 10.1. The maximum atomic E-state index is 13.3. The van der Waals surface area contributed by atoms with Crippen LogP contribution < -0.4 is 9.64 Å². The summed E-state index contributed by atoms with van der Waals surface area (Å²) >= 11 is 0. The Bertz CT molecular complexity index is 1360. The minimum atomic E-state index is -0.857. The molecule has 1 atom stereocenters. The topological polar surface area (TPSA) is 93.1 Å². The highest BCUT2D eigenvalue weighted by Crippen LogP contribution is 2.42. The van der Waals surface area contributed by atoms with Crippen LogP contribution in [0.5, 0.6) is 5.75 Å². The maximum Gasteiger partial charge on any atom is 0.309 e. The van der Waals surface area contributed by atoms with Crippen LogP contribution in [0.2, 0.25) is 0 Å². The molecule has 1 N–H and O–H groups in total. The lowest BCUT2D eigenvalue weighted by molar-refractivity contribution is -0.139. The third kappa shape index (κ3) is 4.60. The lowest BCUT2D eigenvalue weighted by Crippen LogP contribution is -2.29. The molecule has 4 rings (SSSR count). The van der Waals surface area contributed by atoms with Gasteiger partial charge in [0.2, 0.25) is 0 Å². The summed E-state index contributed by atoms with van der Waals surface area (Å²) in [6, 6.07) is 18.3. The quantitative estimate of drug-likeness (QED) is 0.236. The zero-order chi connectivity index (χ0) is 26.0. The number of aliphatic hydroxyl groups excluding tert-OH is 1. The molecular weight excluding hydrogens is 458 g/mol. The first-order chi connectivity index (χ1) is 17.2. The van der Waals surface area contributed by atoms with Crippen LogP contribution in [0.4, 0.5) is 5.69 Å². The molecule has 1 fully saturated rings. The van der Waals surface area contributed by atoms with E-state index in [2.05, 4.69) is 0 Å². The Morgan fingerprint density at radius 3 is 2.17 bits per heavy atom. The van der Waals surface area contributed by atoms with Gasteiger partial charge < -0.3 is 14.6 Å². The van der Waals surface area contributed by atoms with E-state index in [-0.39, 0.29) is 23.7 Å². The SMILES string of the molecule is COC(=O)Cc1ccc(N2C(=O)C(=O)/C(=C(\O)c3ccc(C)c(C)c3)C2c2ccc(OC)cc2)cc1. The number of methoxy groups -OCH3 is 2. The summed E-state index contributed by atoms with van der Waals surface area (Å²) in [6.07, 6.45) is 0.0876. The van der Waals surface area contributed by atoms with Gasteiger partial charge in [0.1, 0.15) is 11.5 Å². The third-order valence-electron chi connectivity index (χ3n) is 6.45. The number of amides is 1. The number of rotatable bonds is 6. The molecule has 3 aromatic carbocycles. The summed E-state index contributed by atoms with van der Waals surface area (Å²) < 4.78 is 9.98. The molecule has 3 aromatic rings. The summed E-state index contributed by atoms with van der Waals surface area (Å²) in [5.74, 6) is -1.51. The predicted molar refractivity (Wildman–Crippen MR) is 136 cm³/mol. The van der Waals surface area contributed by atoms with Crippen molar-refractivity contribution < 1.29 is 29.0 Å². The van der Waals surface area contributed by atoms with E-state index in [1.165, 1.54) is 12.0 Å². The maximum absolute atomic E-state index is 13.3. The number of anilines is 1. The van der Waals surface area contributed by atoms with Gasteiger partial charge in [0.25, 0.3) is 11.7 Å². The Balaban J connectivity index is 1.85. The van der Waals surface area contributed by atoms with Crippen LogP contribution in [-0.2, 0) is 25.5 Å². The Hall–Kier alpha value is -4.39. The average molecular weight is 486 g/mol. The Kier molecular flexibility index (Phi) is 6.92. The van der Waals surface area contributed by atoms with E-state index >= 15 is 0 Å². The molecule has 0 saturated carbocycles. The van der Waals surface area contributed by atoms with Gasteiger partial charge in [0, 0.05) is 11.3 Å². The number of ether oxygens (including phenoxy) is 2. The van der Waals surface area contributed by atoms with E-state index in [4.69, 9.17) is 9.47 Å². The molecule has 36 heavy (non-hydrogen) atoms. The molecular formula is C29H27NO6. The van der Waals surface area contributed by atoms with Crippen LogP contribution in [0.25, 0.3) is 5.76 Å². The highest BCUT2D eigenvalue weighted by Gasteiger charge is 2.47. The van der Waals surface area contributed by atoms with Gasteiger partial charge in [-0.2, -0.15) is 0 Å². The molecule has 1 saturated heterocycles. The zero-order valence-electron chi connectivity index (χ0n) is 20.6. The first kappa shape index (κ1) is 24.7. The van der Waals surface area contributed by atoms with Crippen LogP contribution in [0, 0.1) is 13.8 Å². The number of carbonyl (C=O) groups excluding carboxylic acids is 3. The van der Waals surface area contributed by atoms with Gasteiger partial charge in [-0.25, -0.2) is 0 Å². The molecule has 184 valence electrons. The highest BCUT2D eigenvalue weighted by molar-refractivity contribution is 6.51. The molecule has 7 heteroatoms. The monoisotopic (exact) mass is 485 g/mol. The highest BCUT2D eigenvalue weighted by atomic mass is 16.5. The number of hydrogen-bond donors (Lipinski definition) is 1. The van der Waals surface area contributed by atoms with Gasteiger partial charge in [0.15, 0.2) is 0 Å². The number of ketones is 1. The van der Waals surface area contributed by atoms with Crippen molar-refractivity contribution in [1.29, 1.82) is 0 Å². The summed E-state index contributed by atoms with van der Waals surface area (Å²) in [4.78, 5) is 39.6.